The highest BCUT2D eigenvalue weighted by Crippen LogP contribution is 2.38. The van der Waals surface area contributed by atoms with Crippen LogP contribution in [-0.4, -0.2) is 11.1 Å². The van der Waals surface area contributed by atoms with E-state index < -0.39 is 11.4 Å². The van der Waals surface area contributed by atoms with E-state index in [1.54, 1.807) is 19.9 Å². The van der Waals surface area contributed by atoms with Gasteiger partial charge in [0, 0.05) is 9.35 Å². The molecule has 0 bridgehead atoms. The third-order valence-electron chi connectivity index (χ3n) is 1.80. The molecule has 0 aromatic carbocycles. The Bertz CT molecular complexity index is 326. The summed E-state index contributed by atoms with van der Waals surface area (Å²) in [7, 11) is 0. The molecule has 1 aromatic heterocycles. The van der Waals surface area contributed by atoms with Gasteiger partial charge in [-0.2, -0.15) is 0 Å². The number of carbonyl (C=O) groups is 1. The largest absolute Gasteiger partial charge is 0.481 e. The van der Waals surface area contributed by atoms with Crippen LogP contribution >= 0.6 is 38.9 Å². The van der Waals surface area contributed by atoms with Crippen LogP contribution in [0.5, 0.6) is 0 Å². The Morgan fingerprint density at radius 3 is 2.54 bits per heavy atom. The van der Waals surface area contributed by atoms with Gasteiger partial charge in [-0.25, -0.2) is 0 Å². The molecule has 1 N–H and O–H groups in total. The lowest BCUT2D eigenvalue weighted by molar-refractivity contribution is -0.142. The predicted octanol–water partition coefficient (Wildman–Crippen LogP) is 3.53. The zero-order chi connectivity index (χ0) is 10.2. The van der Waals surface area contributed by atoms with E-state index in [2.05, 4.69) is 15.9 Å². The maximum atomic E-state index is 10.9. The van der Waals surface area contributed by atoms with E-state index in [4.69, 9.17) is 16.7 Å². The van der Waals surface area contributed by atoms with E-state index in [1.165, 1.54) is 11.3 Å². The first-order chi connectivity index (χ1) is 5.85. The molecule has 1 heterocycles. The van der Waals surface area contributed by atoms with Crippen LogP contribution in [0.2, 0.25) is 4.34 Å². The Hall–Kier alpha value is -0.0600. The van der Waals surface area contributed by atoms with Crippen molar-refractivity contribution in [1.29, 1.82) is 0 Å². The van der Waals surface area contributed by atoms with Gasteiger partial charge in [-0.1, -0.05) is 11.6 Å². The summed E-state index contributed by atoms with van der Waals surface area (Å²) in [6, 6.07) is 1.75. The Balaban J connectivity index is 3.15. The fourth-order valence-electron chi connectivity index (χ4n) is 0.760. The zero-order valence-corrected chi connectivity index (χ0v) is 10.3. The summed E-state index contributed by atoms with van der Waals surface area (Å²) < 4.78 is 1.34. The van der Waals surface area contributed by atoms with Gasteiger partial charge in [0.15, 0.2) is 0 Å². The molecule has 0 aliphatic carbocycles. The molecule has 0 unspecified atom stereocenters. The average Bonchev–Trinajstić information content (AvgIpc) is 2.32. The minimum atomic E-state index is -0.875. The predicted molar refractivity (Wildman–Crippen MR) is 57.7 cm³/mol. The van der Waals surface area contributed by atoms with Gasteiger partial charge < -0.3 is 5.11 Å². The summed E-state index contributed by atoms with van der Waals surface area (Å²) >= 11 is 10.3. The minimum Gasteiger partial charge on any atom is -0.481 e. The van der Waals surface area contributed by atoms with Gasteiger partial charge in [0.25, 0.3) is 0 Å². The number of aliphatic carboxylic acids is 1. The number of carboxylic acid groups (broad SMARTS) is 1. The number of carboxylic acids is 1. The molecule has 72 valence electrons. The first-order valence-electron chi connectivity index (χ1n) is 3.54. The molecule has 1 aromatic rings. The molecule has 1 rings (SSSR count). The molecule has 13 heavy (non-hydrogen) atoms. The average molecular weight is 284 g/mol. The summed E-state index contributed by atoms with van der Waals surface area (Å²) in [5.41, 5.74) is -0.875. The van der Waals surface area contributed by atoms with Crippen LogP contribution in [-0.2, 0) is 10.2 Å². The molecular weight excluding hydrogens is 276 g/mol. The lowest BCUT2D eigenvalue weighted by atomic mass is 9.92. The van der Waals surface area contributed by atoms with Crippen LogP contribution in [0.4, 0.5) is 0 Å². The van der Waals surface area contributed by atoms with E-state index in [9.17, 15) is 4.79 Å². The number of hydrogen-bond acceptors (Lipinski definition) is 2. The van der Waals surface area contributed by atoms with Gasteiger partial charge in [0.05, 0.1) is 5.41 Å². The maximum Gasteiger partial charge on any atom is 0.314 e. The van der Waals surface area contributed by atoms with Crippen LogP contribution in [0.15, 0.2) is 10.5 Å². The maximum absolute atomic E-state index is 10.9. The van der Waals surface area contributed by atoms with Crippen LogP contribution in [0.3, 0.4) is 0 Å². The lowest BCUT2D eigenvalue weighted by Gasteiger charge is -2.16. The number of halogens is 2. The van der Waals surface area contributed by atoms with E-state index in [-0.39, 0.29) is 0 Å². The standard InChI is InChI=1S/C8H8BrClO2S/c1-8(2,7(11)12)5-3-4(9)6(10)13-5/h3H,1-2H3,(H,11,12). The summed E-state index contributed by atoms with van der Waals surface area (Å²) in [6.07, 6.45) is 0. The third kappa shape index (κ3) is 2.06. The molecule has 0 aliphatic heterocycles. The zero-order valence-electron chi connectivity index (χ0n) is 7.10. The quantitative estimate of drug-likeness (QED) is 0.901. The van der Waals surface area contributed by atoms with Crippen LogP contribution in [0.1, 0.15) is 18.7 Å². The molecule has 0 saturated carbocycles. The SMILES string of the molecule is CC(C)(C(=O)O)c1cc(Br)c(Cl)s1. The Labute approximate surface area is 93.7 Å². The van der Waals surface area contributed by atoms with E-state index >= 15 is 0 Å². The van der Waals surface area contributed by atoms with Crippen molar-refractivity contribution < 1.29 is 9.90 Å². The van der Waals surface area contributed by atoms with Gasteiger partial charge in [-0.15, -0.1) is 11.3 Å². The van der Waals surface area contributed by atoms with E-state index in [0.717, 1.165) is 9.35 Å². The number of thiophene rings is 1. The van der Waals surface area contributed by atoms with E-state index in [1.807, 2.05) is 0 Å². The van der Waals surface area contributed by atoms with Crippen molar-refractivity contribution in [2.75, 3.05) is 0 Å². The van der Waals surface area contributed by atoms with Crippen molar-refractivity contribution in [2.24, 2.45) is 0 Å². The molecule has 0 saturated heterocycles. The molecule has 5 heteroatoms. The van der Waals surface area contributed by atoms with Gasteiger partial charge in [-0.05, 0) is 35.8 Å². The smallest absolute Gasteiger partial charge is 0.314 e. The van der Waals surface area contributed by atoms with Gasteiger partial charge >= 0.3 is 5.97 Å². The van der Waals surface area contributed by atoms with Gasteiger partial charge in [0.1, 0.15) is 4.34 Å². The second-order valence-electron chi connectivity index (χ2n) is 3.16. The normalized spacial score (nSPS) is 11.7. The fourth-order valence-corrected chi connectivity index (χ4v) is 2.56. The molecule has 0 fully saturated rings. The summed E-state index contributed by atoms with van der Waals surface area (Å²) in [5, 5.41) is 8.94. The summed E-state index contributed by atoms with van der Waals surface area (Å²) in [4.78, 5) is 11.6. The summed E-state index contributed by atoms with van der Waals surface area (Å²) in [6.45, 7) is 3.31. The van der Waals surface area contributed by atoms with Gasteiger partial charge in [-0.3, -0.25) is 4.79 Å². The van der Waals surface area contributed by atoms with Crippen molar-refractivity contribution in [2.45, 2.75) is 19.3 Å². The highest BCUT2D eigenvalue weighted by atomic mass is 79.9. The van der Waals surface area contributed by atoms with Crippen LogP contribution < -0.4 is 0 Å². The first-order valence-corrected chi connectivity index (χ1v) is 5.53. The molecule has 0 amide bonds. The number of hydrogen-bond donors (Lipinski definition) is 1. The fraction of sp³-hybridized carbons (Fsp3) is 0.375. The van der Waals surface area contributed by atoms with Crippen molar-refractivity contribution in [1.82, 2.24) is 0 Å². The second kappa shape index (κ2) is 3.59. The molecule has 2 nitrogen and oxygen atoms in total. The molecular formula is C8H8BrClO2S. The highest BCUT2D eigenvalue weighted by molar-refractivity contribution is 9.10. The van der Waals surface area contributed by atoms with Crippen LogP contribution in [0, 0.1) is 0 Å². The third-order valence-corrected chi connectivity index (χ3v) is 4.59. The van der Waals surface area contributed by atoms with Crippen molar-refractivity contribution in [3.05, 3.63) is 19.8 Å². The minimum absolute atomic E-state index is 0.587. The van der Waals surface area contributed by atoms with Crippen molar-refractivity contribution in [3.8, 4) is 0 Å². The number of rotatable bonds is 2. The Morgan fingerprint density at radius 2 is 2.23 bits per heavy atom. The monoisotopic (exact) mass is 282 g/mol. The highest BCUT2D eigenvalue weighted by Gasteiger charge is 2.31. The molecule has 0 radical (unpaired) electrons. The van der Waals surface area contributed by atoms with Crippen molar-refractivity contribution >= 4 is 44.8 Å². The topological polar surface area (TPSA) is 37.3 Å². The Morgan fingerprint density at radius 1 is 1.69 bits per heavy atom. The second-order valence-corrected chi connectivity index (χ2v) is 5.67. The van der Waals surface area contributed by atoms with Crippen LogP contribution in [0.25, 0.3) is 0 Å². The first kappa shape index (κ1) is 11.0. The van der Waals surface area contributed by atoms with E-state index in [0.29, 0.717) is 4.34 Å². The van der Waals surface area contributed by atoms with Crippen molar-refractivity contribution in [3.63, 3.8) is 0 Å². The molecule has 0 aliphatic rings. The lowest BCUT2D eigenvalue weighted by Crippen LogP contribution is -2.27. The Kier molecular flexibility index (Phi) is 3.05. The summed E-state index contributed by atoms with van der Waals surface area (Å²) in [5.74, 6) is -0.849. The molecule has 0 spiro atoms. The molecule has 0 atom stereocenters. The van der Waals surface area contributed by atoms with Gasteiger partial charge in [0.2, 0.25) is 0 Å².